The SMILES string of the molecule is CS(=O)(=O)N1CCC(CNC(=O)CCN2C(=O)COc3ccccc32)CC1. The first-order chi connectivity index (χ1) is 12.8. The summed E-state index contributed by atoms with van der Waals surface area (Å²) in [5.41, 5.74) is 0.690. The molecule has 2 aliphatic heterocycles. The van der Waals surface area contributed by atoms with E-state index in [1.807, 2.05) is 12.1 Å². The third-order valence-corrected chi connectivity index (χ3v) is 6.30. The van der Waals surface area contributed by atoms with Crippen LogP contribution in [-0.2, 0) is 19.6 Å². The van der Waals surface area contributed by atoms with Gasteiger partial charge in [-0.15, -0.1) is 0 Å². The van der Waals surface area contributed by atoms with Gasteiger partial charge in [-0.25, -0.2) is 12.7 Å². The lowest BCUT2D eigenvalue weighted by Gasteiger charge is -2.30. The van der Waals surface area contributed by atoms with Crippen LogP contribution in [0.1, 0.15) is 19.3 Å². The Labute approximate surface area is 159 Å². The van der Waals surface area contributed by atoms with Crippen molar-refractivity contribution in [3.63, 3.8) is 0 Å². The predicted molar refractivity (Wildman–Crippen MR) is 101 cm³/mol. The summed E-state index contributed by atoms with van der Waals surface area (Å²) in [6.45, 7) is 1.82. The summed E-state index contributed by atoms with van der Waals surface area (Å²) in [6, 6.07) is 7.28. The second-order valence-electron chi connectivity index (χ2n) is 6.96. The molecule has 0 atom stereocenters. The molecule has 1 saturated heterocycles. The van der Waals surface area contributed by atoms with Crippen molar-refractivity contribution in [3.8, 4) is 5.75 Å². The molecular weight excluding hydrogens is 370 g/mol. The van der Waals surface area contributed by atoms with Gasteiger partial charge in [-0.3, -0.25) is 9.59 Å². The number of sulfonamides is 1. The number of ether oxygens (including phenoxy) is 1. The number of para-hydroxylation sites is 2. The van der Waals surface area contributed by atoms with Crippen LogP contribution in [0.3, 0.4) is 0 Å². The Morgan fingerprint density at radius 1 is 1.26 bits per heavy atom. The molecule has 1 N–H and O–H groups in total. The first kappa shape index (κ1) is 19.6. The third-order valence-electron chi connectivity index (χ3n) is 5.00. The highest BCUT2D eigenvalue weighted by atomic mass is 32.2. The summed E-state index contributed by atoms with van der Waals surface area (Å²) in [6.07, 6.45) is 2.91. The molecule has 0 spiro atoms. The second-order valence-corrected chi connectivity index (χ2v) is 8.94. The number of carbonyl (C=O) groups excluding carboxylic acids is 2. The number of fused-ring (bicyclic) bond motifs is 1. The molecule has 1 aromatic rings. The normalized spacial score (nSPS) is 18.7. The molecule has 2 aliphatic rings. The van der Waals surface area contributed by atoms with Gasteiger partial charge in [-0.2, -0.15) is 0 Å². The van der Waals surface area contributed by atoms with Crippen LogP contribution < -0.4 is 15.0 Å². The van der Waals surface area contributed by atoms with E-state index in [0.29, 0.717) is 37.6 Å². The molecule has 27 heavy (non-hydrogen) atoms. The van der Waals surface area contributed by atoms with E-state index in [2.05, 4.69) is 5.32 Å². The number of piperidine rings is 1. The standard InChI is InChI=1S/C18H25N3O5S/c1-27(24,25)20-9-6-14(7-10-20)12-19-17(22)8-11-21-15-4-2-3-5-16(15)26-13-18(21)23/h2-5,14H,6-13H2,1H3,(H,19,22). The van der Waals surface area contributed by atoms with E-state index < -0.39 is 10.0 Å². The number of nitrogens with zero attached hydrogens (tertiary/aromatic N) is 2. The zero-order valence-corrected chi connectivity index (χ0v) is 16.2. The van der Waals surface area contributed by atoms with E-state index in [1.54, 1.807) is 17.0 Å². The van der Waals surface area contributed by atoms with E-state index in [-0.39, 0.29) is 30.8 Å². The van der Waals surface area contributed by atoms with E-state index in [0.717, 1.165) is 12.8 Å². The largest absolute Gasteiger partial charge is 0.482 e. The van der Waals surface area contributed by atoms with Gasteiger partial charge < -0.3 is 15.0 Å². The van der Waals surface area contributed by atoms with Crippen LogP contribution >= 0.6 is 0 Å². The Hall–Kier alpha value is -2.13. The Bertz CT molecular complexity index is 803. The Balaban J connectivity index is 1.44. The monoisotopic (exact) mass is 395 g/mol. The molecule has 1 aromatic carbocycles. The van der Waals surface area contributed by atoms with Gasteiger partial charge in [0.15, 0.2) is 6.61 Å². The van der Waals surface area contributed by atoms with Gasteiger partial charge >= 0.3 is 0 Å². The molecular formula is C18H25N3O5S. The molecule has 2 heterocycles. The van der Waals surface area contributed by atoms with Gasteiger partial charge in [0, 0.05) is 32.6 Å². The third kappa shape index (κ3) is 4.98. The summed E-state index contributed by atoms with van der Waals surface area (Å²) in [7, 11) is -3.13. The van der Waals surface area contributed by atoms with Crippen molar-refractivity contribution < 1.29 is 22.7 Å². The van der Waals surface area contributed by atoms with E-state index in [1.165, 1.54) is 10.6 Å². The number of benzene rings is 1. The van der Waals surface area contributed by atoms with Crippen LogP contribution in [0.4, 0.5) is 5.69 Å². The lowest BCUT2D eigenvalue weighted by Crippen LogP contribution is -2.43. The topological polar surface area (TPSA) is 96.0 Å². The van der Waals surface area contributed by atoms with Crippen LogP contribution in [0, 0.1) is 5.92 Å². The lowest BCUT2D eigenvalue weighted by atomic mass is 9.98. The maximum absolute atomic E-state index is 12.2. The quantitative estimate of drug-likeness (QED) is 0.761. The summed E-state index contributed by atoms with van der Waals surface area (Å²) in [5.74, 6) is 0.653. The van der Waals surface area contributed by atoms with Gasteiger partial charge in [0.25, 0.3) is 5.91 Å². The van der Waals surface area contributed by atoms with Crippen molar-refractivity contribution >= 4 is 27.5 Å². The second kappa shape index (κ2) is 8.26. The van der Waals surface area contributed by atoms with E-state index in [9.17, 15) is 18.0 Å². The molecule has 1 fully saturated rings. The first-order valence-electron chi connectivity index (χ1n) is 9.08. The van der Waals surface area contributed by atoms with Crippen LogP contribution in [0.2, 0.25) is 0 Å². The number of hydrogen-bond acceptors (Lipinski definition) is 5. The zero-order valence-electron chi connectivity index (χ0n) is 15.4. The molecule has 0 bridgehead atoms. The highest BCUT2D eigenvalue weighted by molar-refractivity contribution is 7.88. The van der Waals surface area contributed by atoms with Crippen molar-refractivity contribution in [1.82, 2.24) is 9.62 Å². The van der Waals surface area contributed by atoms with Crippen molar-refractivity contribution in [1.29, 1.82) is 0 Å². The van der Waals surface area contributed by atoms with Gasteiger partial charge in [0.2, 0.25) is 15.9 Å². The molecule has 0 radical (unpaired) electrons. The highest BCUT2D eigenvalue weighted by Crippen LogP contribution is 2.31. The first-order valence-corrected chi connectivity index (χ1v) is 10.9. The minimum absolute atomic E-state index is 0.0163. The van der Waals surface area contributed by atoms with Crippen LogP contribution in [-0.4, -0.2) is 63.6 Å². The Morgan fingerprint density at radius 3 is 2.67 bits per heavy atom. The predicted octanol–water partition coefficient (Wildman–Crippen LogP) is 0.590. The average molecular weight is 395 g/mol. The fourth-order valence-corrected chi connectivity index (χ4v) is 4.28. The zero-order chi connectivity index (χ0) is 19.4. The Kier molecular flexibility index (Phi) is 6.01. The number of rotatable bonds is 6. The molecule has 9 heteroatoms. The van der Waals surface area contributed by atoms with Crippen LogP contribution in [0.5, 0.6) is 5.75 Å². The van der Waals surface area contributed by atoms with Crippen molar-refractivity contribution in [2.75, 3.05) is 43.9 Å². The van der Waals surface area contributed by atoms with Gasteiger partial charge in [-0.1, -0.05) is 12.1 Å². The molecule has 148 valence electrons. The molecule has 0 unspecified atom stereocenters. The van der Waals surface area contributed by atoms with Gasteiger partial charge in [0.05, 0.1) is 11.9 Å². The minimum atomic E-state index is -3.13. The summed E-state index contributed by atoms with van der Waals surface area (Å²) in [4.78, 5) is 25.9. The number of amides is 2. The summed E-state index contributed by atoms with van der Waals surface area (Å²) in [5, 5.41) is 2.91. The molecule has 0 aliphatic carbocycles. The number of carbonyl (C=O) groups is 2. The van der Waals surface area contributed by atoms with Crippen molar-refractivity contribution in [2.45, 2.75) is 19.3 Å². The molecule has 0 aromatic heterocycles. The minimum Gasteiger partial charge on any atom is -0.482 e. The highest BCUT2D eigenvalue weighted by Gasteiger charge is 2.27. The molecule has 0 saturated carbocycles. The maximum atomic E-state index is 12.2. The average Bonchev–Trinajstić information content (AvgIpc) is 2.65. The number of nitrogens with one attached hydrogen (secondary N) is 1. The smallest absolute Gasteiger partial charge is 0.265 e. The summed E-state index contributed by atoms with van der Waals surface area (Å²) < 4.78 is 29.9. The molecule has 3 rings (SSSR count). The van der Waals surface area contributed by atoms with Gasteiger partial charge in [-0.05, 0) is 30.9 Å². The molecule has 2 amide bonds. The van der Waals surface area contributed by atoms with Crippen molar-refractivity contribution in [2.24, 2.45) is 5.92 Å². The van der Waals surface area contributed by atoms with E-state index >= 15 is 0 Å². The fourth-order valence-electron chi connectivity index (χ4n) is 3.40. The lowest BCUT2D eigenvalue weighted by molar-refractivity contribution is -0.122. The number of anilines is 1. The number of hydrogen-bond donors (Lipinski definition) is 1. The maximum Gasteiger partial charge on any atom is 0.265 e. The Morgan fingerprint density at radius 2 is 1.96 bits per heavy atom. The van der Waals surface area contributed by atoms with E-state index in [4.69, 9.17) is 4.74 Å². The summed E-state index contributed by atoms with van der Waals surface area (Å²) >= 11 is 0. The molecule has 8 nitrogen and oxygen atoms in total. The van der Waals surface area contributed by atoms with Crippen molar-refractivity contribution in [3.05, 3.63) is 24.3 Å². The van der Waals surface area contributed by atoms with Crippen LogP contribution in [0.15, 0.2) is 24.3 Å². The fraction of sp³-hybridized carbons (Fsp3) is 0.556. The van der Waals surface area contributed by atoms with Gasteiger partial charge in [0.1, 0.15) is 5.75 Å². The van der Waals surface area contributed by atoms with Crippen LogP contribution in [0.25, 0.3) is 0 Å².